The van der Waals surface area contributed by atoms with Crippen molar-refractivity contribution in [1.29, 1.82) is 0 Å². The van der Waals surface area contributed by atoms with Crippen molar-refractivity contribution in [2.24, 2.45) is 5.92 Å². The summed E-state index contributed by atoms with van der Waals surface area (Å²) in [4.78, 5) is 18.7. The molecule has 1 aliphatic carbocycles. The molecule has 24 heavy (non-hydrogen) atoms. The van der Waals surface area contributed by atoms with Crippen LogP contribution in [0.1, 0.15) is 57.3 Å². The summed E-state index contributed by atoms with van der Waals surface area (Å²) >= 11 is 0. The Hall–Kier alpha value is -1.47. The molecule has 3 rings (SSSR count). The lowest BCUT2D eigenvalue weighted by Gasteiger charge is -2.38. The van der Waals surface area contributed by atoms with Gasteiger partial charge in [-0.25, -0.2) is 0 Å². The summed E-state index contributed by atoms with van der Waals surface area (Å²) in [5.74, 6) is 1.72. The number of hydrogen-bond donors (Lipinski definition) is 0. The summed E-state index contributed by atoms with van der Waals surface area (Å²) in [7, 11) is 0. The van der Waals surface area contributed by atoms with Gasteiger partial charge in [0.25, 0.3) is 5.89 Å². The molecule has 0 aromatic carbocycles. The molecule has 1 saturated carbocycles. The Morgan fingerprint density at radius 2 is 2.04 bits per heavy atom. The van der Waals surface area contributed by atoms with Crippen LogP contribution in [0, 0.1) is 12.8 Å². The fraction of sp³-hybridized carbons (Fsp3) is 0.824. The standard InChI is InChI=1S/C17H27N3O4/c1-11-4-6-14(7-5-11)23-10-15(21)20-8-9-22-12(2)16(20)17-18-13(3)19-24-17/h11-12,14,16H,4-10H2,1-3H3/t11?,12-,14?,16+/m1/s1. The Morgan fingerprint density at radius 1 is 1.29 bits per heavy atom. The van der Waals surface area contributed by atoms with E-state index >= 15 is 0 Å². The summed E-state index contributed by atoms with van der Waals surface area (Å²) in [5.41, 5.74) is 0. The van der Waals surface area contributed by atoms with Crippen LogP contribution in [0.5, 0.6) is 0 Å². The van der Waals surface area contributed by atoms with Gasteiger partial charge in [0.05, 0.1) is 18.8 Å². The molecule has 2 aliphatic rings. The monoisotopic (exact) mass is 337 g/mol. The molecule has 1 aromatic rings. The molecule has 0 unspecified atom stereocenters. The van der Waals surface area contributed by atoms with Crippen molar-refractivity contribution < 1.29 is 18.8 Å². The van der Waals surface area contributed by atoms with E-state index in [9.17, 15) is 4.79 Å². The first-order valence-corrected chi connectivity index (χ1v) is 8.87. The molecular formula is C17H27N3O4. The topological polar surface area (TPSA) is 77.7 Å². The van der Waals surface area contributed by atoms with Gasteiger partial charge in [-0.1, -0.05) is 12.1 Å². The molecule has 134 valence electrons. The van der Waals surface area contributed by atoms with Gasteiger partial charge in [0.1, 0.15) is 12.6 Å². The van der Waals surface area contributed by atoms with Crippen LogP contribution in [-0.4, -0.2) is 52.9 Å². The Kier molecular flexibility index (Phi) is 5.50. The molecule has 0 radical (unpaired) electrons. The van der Waals surface area contributed by atoms with Gasteiger partial charge >= 0.3 is 0 Å². The van der Waals surface area contributed by atoms with Gasteiger partial charge in [-0.05, 0) is 45.4 Å². The van der Waals surface area contributed by atoms with Crippen LogP contribution in [0.2, 0.25) is 0 Å². The van der Waals surface area contributed by atoms with Crippen molar-refractivity contribution in [3.63, 3.8) is 0 Å². The Morgan fingerprint density at radius 3 is 2.71 bits per heavy atom. The second-order valence-electron chi connectivity index (χ2n) is 6.98. The van der Waals surface area contributed by atoms with E-state index < -0.39 is 0 Å². The zero-order chi connectivity index (χ0) is 17.1. The number of carbonyl (C=O) groups is 1. The third-order valence-electron chi connectivity index (χ3n) is 5.02. The maximum absolute atomic E-state index is 12.7. The van der Waals surface area contributed by atoms with Gasteiger partial charge in [0.2, 0.25) is 5.91 Å². The average Bonchev–Trinajstić information content (AvgIpc) is 3.00. The highest BCUT2D eigenvalue weighted by molar-refractivity contribution is 5.78. The van der Waals surface area contributed by atoms with E-state index in [0.29, 0.717) is 24.9 Å². The number of aryl methyl sites for hydroxylation is 1. The van der Waals surface area contributed by atoms with Crippen molar-refractivity contribution in [1.82, 2.24) is 15.0 Å². The average molecular weight is 337 g/mol. The number of ether oxygens (including phenoxy) is 2. The molecule has 1 aromatic heterocycles. The van der Waals surface area contributed by atoms with Gasteiger partial charge in [0.15, 0.2) is 5.82 Å². The van der Waals surface area contributed by atoms with Crippen molar-refractivity contribution >= 4 is 5.91 Å². The van der Waals surface area contributed by atoms with E-state index in [1.165, 1.54) is 12.8 Å². The minimum Gasteiger partial charge on any atom is -0.374 e. The number of carbonyl (C=O) groups excluding carboxylic acids is 1. The minimum absolute atomic E-state index is 0.0374. The molecule has 1 aliphatic heterocycles. The van der Waals surface area contributed by atoms with Crippen molar-refractivity contribution in [2.45, 2.75) is 64.7 Å². The summed E-state index contributed by atoms with van der Waals surface area (Å²) < 4.78 is 16.8. The second-order valence-corrected chi connectivity index (χ2v) is 6.98. The first-order chi connectivity index (χ1) is 11.5. The number of nitrogens with zero attached hydrogens (tertiary/aromatic N) is 3. The highest BCUT2D eigenvalue weighted by Crippen LogP contribution is 2.29. The van der Waals surface area contributed by atoms with Gasteiger partial charge in [-0.2, -0.15) is 4.98 Å². The molecule has 0 bridgehead atoms. The minimum atomic E-state index is -0.345. The van der Waals surface area contributed by atoms with Crippen LogP contribution in [0.15, 0.2) is 4.52 Å². The maximum Gasteiger partial charge on any atom is 0.252 e. The van der Waals surface area contributed by atoms with Gasteiger partial charge in [0, 0.05) is 6.54 Å². The van der Waals surface area contributed by atoms with Crippen molar-refractivity contribution in [2.75, 3.05) is 19.8 Å². The van der Waals surface area contributed by atoms with E-state index in [1.807, 2.05) is 6.92 Å². The van der Waals surface area contributed by atoms with E-state index in [1.54, 1.807) is 11.8 Å². The zero-order valence-corrected chi connectivity index (χ0v) is 14.7. The highest BCUT2D eigenvalue weighted by Gasteiger charge is 2.38. The molecule has 2 fully saturated rings. The van der Waals surface area contributed by atoms with E-state index in [0.717, 1.165) is 18.8 Å². The van der Waals surface area contributed by atoms with Crippen molar-refractivity contribution in [3.8, 4) is 0 Å². The molecule has 1 saturated heterocycles. The van der Waals surface area contributed by atoms with Gasteiger partial charge in [-0.15, -0.1) is 0 Å². The fourth-order valence-electron chi connectivity index (χ4n) is 3.54. The summed E-state index contributed by atoms with van der Waals surface area (Å²) in [6.45, 7) is 7.09. The van der Waals surface area contributed by atoms with Crippen LogP contribution in [0.4, 0.5) is 0 Å². The van der Waals surface area contributed by atoms with Gasteiger partial charge in [-0.3, -0.25) is 4.79 Å². The summed E-state index contributed by atoms with van der Waals surface area (Å²) in [6.07, 6.45) is 4.46. The molecular weight excluding hydrogens is 310 g/mol. The van der Waals surface area contributed by atoms with Crippen LogP contribution < -0.4 is 0 Å². The number of hydrogen-bond acceptors (Lipinski definition) is 6. The fourth-order valence-corrected chi connectivity index (χ4v) is 3.54. The van der Waals surface area contributed by atoms with Crippen LogP contribution in [-0.2, 0) is 14.3 Å². The lowest BCUT2D eigenvalue weighted by molar-refractivity contribution is -0.154. The van der Waals surface area contributed by atoms with E-state index in [-0.39, 0.29) is 30.8 Å². The van der Waals surface area contributed by atoms with Crippen molar-refractivity contribution in [3.05, 3.63) is 11.7 Å². The largest absolute Gasteiger partial charge is 0.374 e. The predicted molar refractivity (Wildman–Crippen MR) is 86.3 cm³/mol. The SMILES string of the molecule is Cc1noc([C@@H]2[C@@H](C)OCCN2C(=O)COC2CCC(C)CC2)n1. The first-order valence-electron chi connectivity index (χ1n) is 8.87. The number of amides is 1. The second kappa shape index (κ2) is 7.61. The number of rotatable bonds is 4. The number of aromatic nitrogens is 2. The summed E-state index contributed by atoms with van der Waals surface area (Å²) in [5, 5.41) is 3.84. The molecule has 2 heterocycles. The molecule has 0 N–H and O–H groups in total. The smallest absolute Gasteiger partial charge is 0.252 e. The summed E-state index contributed by atoms with van der Waals surface area (Å²) in [6, 6.07) is -0.345. The van der Waals surface area contributed by atoms with Crippen LogP contribution in [0.3, 0.4) is 0 Å². The normalized spacial score (nSPS) is 31.2. The zero-order valence-electron chi connectivity index (χ0n) is 14.7. The predicted octanol–water partition coefficient (Wildman–Crippen LogP) is 2.26. The molecule has 7 heteroatoms. The Labute approximate surface area is 142 Å². The quantitative estimate of drug-likeness (QED) is 0.839. The maximum atomic E-state index is 12.7. The lowest BCUT2D eigenvalue weighted by Crippen LogP contribution is -2.48. The Balaban J connectivity index is 1.61. The first kappa shape index (κ1) is 17.4. The van der Waals surface area contributed by atoms with Crippen LogP contribution >= 0.6 is 0 Å². The van der Waals surface area contributed by atoms with Gasteiger partial charge < -0.3 is 18.9 Å². The number of morpholine rings is 1. The lowest BCUT2D eigenvalue weighted by atomic mass is 9.89. The third-order valence-corrected chi connectivity index (χ3v) is 5.02. The van der Waals surface area contributed by atoms with Crippen LogP contribution in [0.25, 0.3) is 0 Å². The molecule has 7 nitrogen and oxygen atoms in total. The van der Waals surface area contributed by atoms with E-state index in [2.05, 4.69) is 17.1 Å². The molecule has 2 atom stereocenters. The highest BCUT2D eigenvalue weighted by atomic mass is 16.5. The molecule has 1 amide bonds. The Bertz CT molecular complexity index is 554. The third kappa shape index (κ3) is 3.95. The molecule has 0 spiro atoms. The van der Waals surface area contributed by atoms with E-state index in [4.69, 9.17) is 14.0 Å².